The molecular weight excluding hydrogens is 254 g/mol. The summed E-state index contributed by atoms with van der Waals surface area (Å²) in [4.78, 5) is 12.1. The number of anilines is 1. The Morgan fingerprint density at radius 2 is 2.20 bits per heavy atom. The summed E-state index contributed by atoms with van der Waals surface area (Å²) in [5, 5.41) is 2.99. The molecular formula is C16H21NO3. The molecule has 0 radical (unpaired) electrons. The first-order valence-corrected chi connectivity index (χ1v) is 7.35. The highest BCUT2D eigenvalue weighted by molar-refractivity contribution is 5.96. The number of hydrogen-bond donors (Lipinski definition) is 1. The maximum atomic E-state index is 12.1. The second kappa shape index (κ2) is 5.00. The van der Waals surface area contributed by atoms with E-state index in [1.54, 1.807) is 0 Å². The number of fused-ring (bicyclic) bond motifs is 1. The third-order valence-electron chi connectivity index (χ3n) is 4.00. The van der Waals surface area contributed by atoms with Crippen LogP contribution >= 0.6 is 0 Å². The Morgan fingerprint density at radius 1 is 1.45 bits per heavy atom. The van der Waals surface area contributed by atoms with E-state index in [0.29, 0.717) is 12.5 Å². The third-order valence-corrected chi connectivity index (χ3v) is 4.00. The van der Waals surface area contributed by atoms with E-state index in [1.165, 1.54) is 0 Å². The van der Waals surface area contributed by atoms with Crippen LogP contribution in [0.4, 0.5) is 5.69 Å². The molecule has 3 atom stereocenters. The monoisotopic (exact) mass is 275 g/mol. The van der Waals surface area contributed by atoms with Crippen LogP contribution in [0.1, 0.15) is 32.8 Å². The van der Waals surface area contributed by atoms with Crippen LogP contribution in [-0.4, -0.2) is 18.6 Å². The van der Waals surface area contributed by atoms with Gasteiger partial charge in [-0.25, -0.2) is 0 Å². The Morgan fingerprint density at radius 3 is 2.85 bits per heavy atom. The number of carbonyl (C=O) groups excluding carboxylic acids is 1. The average molecular weight is 275 g/mol. The number of ether oxygens (including phenoxy) is 2. The van der Waals surface area contributed by atoms with Gasteiger partial charge in [-0.1, -0.05) is 6.92 Å². The van der Waals surface area contributed by atoms with Crippen molar-refractivity contribution in [1.29, 1.82) is 0 Å². The average Bonchev–Trinajstić information content (AvgIpc) is 3.01. The fourth-order valence-corrected chi connectivity index (χ4v) is 2.72. The summed E-state index contributed by atoms with van der Waals surface area (Å²) in [6, 6.07) is 3.89. The van der Waals surface area contributed by atoms with E-state index in [9.17, 15) is 4.79 Å². The molecule has 1 fully saturated rings. The predicted molar refractivity (Wildman–Crippen MR) is 77.3 cm³/mol. The van der Waals surface area contributed by atoms with E-state index in [4.69, 9.17) is 9.47 Å². The van der Waals surface area contributed by atoms with Crippen LogP contribution in [0, 0.1) is 11.8 Å². The zero-order valence-electron chi connectivity index (χ0n) is 12.2. The van der Waals surface area contributed by atoms with Crippen molar-refractivity contribution in [2.24, 2.45) is 11.8 Å². The maximum Gasteiger partial charge on any atom is 0.227 e. The van der Waals surface area contributed by atoms with Crippen molar-refractivity contribution in [3.05, 3.63) is 17.7 Å². The molecule has 1 heterocycles. The van der Waals surface area contributed by atoms with Crippen LogP contribution in [0.5, 0.6) is 11.5 Å². The molecule has 3 rings (SSSR count). The molecule has 4 heteroatoms. The highest BCUT2D eigenvalue weighted by atomic mass is 16.5. The second-order valence-electron chi connectivity index (χ2n) is 5.83. The largest absolute Gasteiger partial charge is 0.492 e. The van der Waals surface area contributed by atoms with Gasteiger partial charge in [0.05, 0.1) is 12.3 Å². The molecule has 1 saturated carbocycles. The molecule has 2 aliphatic rings. The number of amides is 1. The van der Waals surface area contributed by atoms with Crippen molar-refractivity contribution < 1.29 is 14.3 Å². The molecule has 0 bridgehead atoms. The van der Waals surface area contributed by atoms with Crippen LogP contribution in [0.15, 0.2) is 12.1 Å². The topological polar surface area (TPSA) is 47.6 Å². The lowest BCUT2D eigenvalue weighted by molar-refractivity contribution is -0.117. The molecule has 4 nitrogen and oxygen atoms in total. The standard InChI is InChI=1S/C16H21NO3/c1-4-19-15-7-11-6-10(3)20-14(11)8-13(15)17-16(18)12-5-9(12)2/h7-10,12H,4-6H2,1-3H3,(H,17,18). The van der Waals surface area contributed by atoms with Crippen LogP contribution in [0.2, 0.25) is 0 Å². The Kier molecular flexibility index (Phi) is 3.32. The van der Waals surface area contributed by atoms with Gasteiger partial charge in [0.25, 0.3) is 0 Å². The Labute approximate surface area is 119 Å². The molecule has 108 valence electrons. The highest BCUT2D eigenvalue weighted by Crippen LogP contribution is 2.41. The zero-order valence-corrected chi connectivity index (χ0v) is 12.2. The van der Waals surface area contributed by atoms with Crippen molar-refractivity contribution in [3.8, 4) is 11.5 Å². The van der Waals surface area contributed by atoms with Gasteiger partial charge in [-0.2, -0.15) is 0 Å². The summed E-state index contributed by atoms with van der Waals surface area (Å²) in [6.45, 7) is 6.67. The van der Waals surface area contributed by atoms with Gasteiger partial charge in [-0.15, -0.1) is 0 Å². The molecule has 1 N–H and O–H groups in total. The summed E-state index contributed by atoms with van der Waals surface area (Å²) >= 11 is 0. The molecule has 1 amide bonds. The van der Waals surface area contributed by atoms with Crippen molar-refractivity contribution in [1.82, 2.24) is 0 Å². The first kappa shape index (κ1) is 13.3. The first-order valence-electron chi connectivity index (χ1n) is 7.35. The first-order chi connectivity index (χ1) is 9.58. The van der Waals surface area contributed by atoms with Crippen molar-refractivity contribution in [2.45, 2.75) is 39.7 Å². The summed E-state index contributed by atoms with van der Waals surface area (Å²) in [6.07, 6.45) is 2.06. The smallest absolute Gasteiger partial charge is 0.227 e. The van der Waals surface area contributed by atoms with E-state index in [0.717, 1.165) is 35.6 Å². The number of rotatable bonds is 4. The Bertz CT molecular complexity index is 541. The van der Waals surface area contributed by atoms with Gasteiger partial charge in [0, 0.05) is 24.0 Å². The Balaban J connectivity index is 1.84. The molecule has 1 aliphatic carbocycles. The van der Waals surface area contributed by atoms with Gasteiger partial charge in [-0.3, -0.25) is 4.79 Å². The van der Waals surface area contributed by atoms with E-state index in [-0.39, 0.29) is 17.9 Å². The van der Waals surface area contributed by atoms with Gasteiger partial charge in [0.15, 0.2) is 0 Å². The normalized spacial score (nSPS) is 26.6. The van der Waals surface area contributed by atoms with Gasteiger partial charge >= 0.3 is 0 Å². The van der Waals surface area contributed by atoms with Gasteiger partial charge < -0.3 is 14.8 Å². The fraction of sp³-hybridized carbons (Fsp3) is 0.562. The van der Waals surface area contributed by atoms with Crippen LogP contribution < -0.4 is 14.8 Å². The third kappa shape index (κ3) is 2.47. The Hall–Kier alpha value is -1.71. The minimum absolute atomic E-state index is 0.0875. The van der Waals surface area contributed by atoms with E-state index < -0.39 is 0 Å². The number of carbonyl (C=O) groups is 1. The molecule has 0 spiro atoms. The van der Waals surface area contributed by atoms with Crippen LogP contribution in [0.3, 0.4) is 0 Å². The minimum Gasteiger partial charge on any atom is -0.492 e. The zero-order chi connectivity index (χ0) is 14.3. The molecule has 20 heavy (non-hydrogen) atoms. The number of benzene rings is 1. The van der Waals surface area contributed by atoms with Crippen molar-refractivity contribution in [2.75, 3.05) is 11.9 Å². The lowest BCUT2D eigenvalue weighted by Crippen LogP contribution is -2.15. The lowest BCUT2D eigenvalue weighted by Gasteiger charge is -2.13. The molecule has 0 saturated heterocycles. The number of hydrogen-bond acceptors (Lipinski definition) is 3. The molecule has 1 aromatic rings. The molecule has 1 aromatic carbocycles. The summed E-state index contributed by atoms with van der Waals surface area (Å²) in [7, 11) is 0. The molecule has 1 aliphatic heterocycles. The van der Waals surface area contributed by atoms with Gasteiger partial charge in [0.1, 0.15) is 17.6 Å². The minimum atomic E-state index is 0.0875. The van der Waals surface area contributed by atoms with Gasteiger partial charge in [-0.05, 0) is 32.3 Å². The summed E-state index contributed by atoms with van der Waals surface area (Å²) in [5.41, 5.74) is 1.88. The fourth-order valence-electron chi connectivity index (χ4n) is 2.72. The highest BCUT2D eigenvalue weighted by Gasteiger charge is 2.39. The van der Waals surface area contributed by atoms with E-state index in [2.05, 4.69) is 12.2 Å². The van der Waals surface area contributed by atoms with Crippen LogP contribution in [-0.2, 0) is 11.2 Å². The molecule has 0 aromatic heterocycles. The van der Waals surface area contributed by atoms with Crippen molar-refractivity contribution >= 4 is 11.6 Å². The predicted octanol–water partition coefficient (Wildman–Crippen LogP) is 3.00. The summed E-state index contributed by atoms with van der Waals surface area (Å²) < 4.78 is 11.4. The lowest BCUT2D eigenvalue weighted by atomic mass is 10.1. The van der Waals surface area contributed by atoms with Gasteiger partial charge in [0.2, 0.25) is 5.91 Å². The molecule has 3 unspecified atom stereocenters. The SMILES string of the molecule is CCOc1cc2c(cc1NC(=O)C1CC1C)OC(C)C2. The second-order valence-corrected chi connectivity index (χ2v) is 5.83. The van der Waals surface area contributed by atoms with E-state index in [1.807, 2.05) is 26.0 Å². The van der Waals surface area contributed by atoms with Crippen LogP contribution in [0.25, 0.3) is 0 Å². The van der Waals surface area contributed by atoms with Crippen molar-refractivity contribution in [3.63, 3.8) is 0 Å². The van der Waals surface area contributed by atoms with E-state index >= 15 is 0 Å². The maximum absolute atomic E-state index is 12.1. The number of nitrogens with one attached hydrogen (secondary N) is 1. The quantitative estimate of drug-likeness (QED) is 0.919. The summed E-state index contributed by atoms with van der Waals surface area (Å²) in [5.74, 6) is 2.34.